The van der Waals surface area contributed by atoms with Crippen LogP contribution in [0.1, 0.15) is 60.5 Å². The van der Waals surface area contributed by atoms with Crippen LogP contribution in [0, 0.1) is 6.92 Å². The minimum atomic E-state index is -3.71. The highest BCUT2D eigenvalue weighted by atomic mass is 32.2. The predicted molar refractivity (Wildman–Crippen MR) is 111 cm³/mol. The number of rotatable bonds is 10. The van der Waals surface area contributed by atoms with Gasteiger partial charge in [-0.15, -0.1) is 0 Å². The summed E-state index contributed by atoms with van der Waals surface area (Å²) in [4.78, 5) is 0.201. The fraction of sp³-hybridized carbons (Fsp3) is 0.700. The Bertz CT molecular complexity index is 629. The first-order chi connectivity index (χ1) is 11.9. The van der Waals surface area contributed by atoms with Crippen LogP contribution in [0.2, 0.25) is 16.6 Å². The smallest absolute Gasteiger partial charge is 0.296 e. The molecule has 1 aromatic rings. The molecule has 0 N–H and O–H groups in total. The summed E-state index contributed by atoms with van der Waals surface area (Å²) >= 11 is 0. The summed E-state index contributed by atoms with van der Waals surface area (Å²) < 4.78 is 36.4. The number of hydrogen-bond donors (Lipinski definition) is 0. The molecule has 0 aliphatic rings. The van der Waals surface area contributed by atoms with Gasteiger partial charge in [0.25, 0.3) is 10.1 Å². The van der Waals surface area contributed by atoms with E-state index >= 15 is 0 Å². The molecule has 0 saturated carbocycles. The second-order valence-corrected chi connectivity index (χ2v) is 15.1. The van der Waals surface area contributed by atoms with Crippen LogP contribution in [0.3, 0.4) is 0 Å². The highest BCUT2D eigenvalue weighted by molar-refractivity contribution is 7.86. The van der Waals surface area contributed by atoms with E-state index in [1.807, 2.05) is 13.8 Å². The average Bonchev–Trinajstić information content (AvgIpc) is 2.51. The molecule has 6 heteroatoms. The van der Waals surface area contributed by atoms with Crippen LogP contribution in [-0.4, -0.2) is 29.4 Å². The molecule has 0 aliphatic heterocycles. The molecule has 0 amide bonds. The van der Waals surface area contributed by atoms with E-state index < -0.39 is 18.4 Å². The van der Waals surface area contributed by atoms with Gasteiger partial charge in [-0.1, -0.05) is 59.2 Å². The van der Waals surface area contributed by atoms with E-state index in [0.717, 1.165) is 5.56 Å². The molecular formula is C20H36O4SSi. The van der Waals surface area contributed by atoms with Gasteiger partial charge in [-0.25, -0.2) is 0 Å². The van der Waals surface area contributed by atoms with Crippen molar-refractivity contribution < 1.29 is 17.0 Å². The molecule has 1 atom stereocenters. The third kappa shape index (κ3) is 5.65. The Kier molecular flexibility index (Phi) is 8.52. The Morgan fingerprint density at radius 3 is 1.77 bits per heavy atom. The van der Waals surface area contributed by atoms with Gasteiger partial charge in [0.2, 0.25) is 8.32 Å². The van der Waals surface area contributed by atoms with E-state index in [-0.39, 0.29) is 17.6 Å². The van der Waals surface area contributed by atoms with Gasteiger partial charge in [0.15, 0.2) is 0 Å². The Morgan fingerprint density at radius 1 is 0.885 bits per heavy atom. The molecule has 0 heterocycles. The topological polar surface area (TPSA) is 52.6 Å². The Morgan fingerprint density at radius 2 is 1.35 bits per heavy atom. The molecule has 0 aromatic heterocycles. The van der Waals surface area contributed by atoms with Crippen LogP contribution in [-0.2, 0) is 18.7 Å². The van der Waals surface area contributed by atoms with Crippen molar-refractivity contribution in [3.05, 3.63) is 29.8 Å². The van der Waals surface area contributed by atoms with Crippen molar-refractivity contribution in [2.75, 3.05) is 6.61 Å². The molecule has 1 unspecified atom stereocenters. The number of aryl methyl sites for hydroxylation is 1. The summed E-state index contributed by atoms with van der Waals surface area (Å²) in [6, 6.07) is 6.71. The van der Waals surface area contributed by atoms with Crippen molar-refractivity contribution in [3.8, 4) is 0 Å². The molecule has 0 fully saturated rings. The normalized spacial score (nSPS) is 14.4. The molecule has 0 radical (unpaired) electrons. The van der Waals surface area contributed by atoms with Gasteiger partial charge < -0.3 is 4.43 Å². The molecular weight excluding hydrogens is 364 g/mol. The summed E-state index contributed by atoms with van der Waals surface area (Å²) in [6.45, 7) is 17.6. The molecule has 0 spiro atoms. The van der Waals surface area contributed by atoms with E-state index in [2.05, 4.69) is 41.5 Å². The molecule has 4 nitrogen and oxygen atoms in total. The molecule has 0 bridgehead atoms. The second kappa shape index (κ2) is 9.49. The van der Waals surface area contributed by atoms with Gasteiger partial charge >= 0.3 is 0 Å². The van der Waals surface area contributed by atoms with Gasteiger partial charge in [0.1, 0.15) is 0 Å². The van der Waals surface area contributed by atoms with Gasteiger partial charge in [-0.2, -0.15) is 8.42 Å². The van der Waals surface area contributed by atoms with Crippen molar-refractivity contribution in [1.29, 1.82) is 0 Å². The Labute approximate surface area is 161 Å². The zero-order chi connectivity index (χ0) is 20.1. The Balaban J connectivity index is 2.71. The quantitative estimate of drug-likeness (QED) is 0.375. The summed E-state index contributed by atoms with van der Waals surface area (Å²) in [5.41, 5.74) is 2.52. The zero-order valence-electron chi connectivity index (χ0n) is 17.6. The van der Waals surface area contributed by atoms with Crippen LogP contribution in [0.5, 0.6) is 0 Å². The SMILES string of the molecule is Cc1ccc(S(=O)(=O)OCCC(C)O[Si](C(C)C)(C(C)C)C(C)C)cc1. The Hall–Kier alpha value is -0.693. The molecule has 1 aromatic carbocycles. The maximum absolute atomic E-state index is 12.3. The monoisotopic (exact) mass is 400 g/mol. The predicted octanol–water partition coefficient (Wildman–Crippen LogP) is 5.67. The van der Waals surface area contributed by atoms with Crippen LogP contribution >= 0.6 is 0 Å². The van der Waals surface area contributed by atoms with E-state index in [0.29, 0.717) is 23.0 Å². The minimum Gasteiger partial charge on any atom is -0.413 e. The van der Waals surface area contributed by atoms with Crippen molar-refractivity contribution in [2.45, 2.75) is 89.4 Å². The van der Waals surface area contributed by atoms with Crippen LogP contribution in [0.4, 0.5) is 0 Å². The molecule has 26 heavy (non-hydrogen) atoms. The van der Waals surface area contributed by atoms with Gasteiger partial charge in [0.05, 0.1) is 11.5 Å². The lowest BCUT2D eigenvalue weighted by Crippen LogP contribution is -2.49. The van der Waals surface area contributed by atoms with E-state index in [1.165, 1.54) is 0 Å². The highest BCUT2D eigenvalue weighted by Crippen LogP contribution is 2.43. The maximum atomic E-state index is 12.3. The standard InChI is InChI=1S/C20H36O4SSi/c1-15(2)26(16(3)4,17(5)6)24-19(8)13-14-23-25(21,22)20-11-9-18(7)10-12-20/h9-12,15-17,19H,13-14H2,1-8H3. The van der Waals surface area contributed by atoms with E-state index in [1.54, 1.807) is 24.3 Å². The van der Waals surface area contributed by atoms with Crippen molar-refractivity contribution >= 4 is 18.4 Å². The second-order valence-electron chi connectivity index (χ2n) is 8.12. The molecule has 150 valence electrons. The summed E-state index contributed by atoms with van der Waals surface area (Å²) in [7, 11) is -5.67. The van der Waals surface area contributed by atoms with Gasteiger partial charge in [0, 0.05) is 6.10 Å². The summed E-state index contributed by atoms with van der Waals surface area (Å²) in [5.74, 6) is 0. The van der Waals surface area contributed by atoms with E-state index in [4.69, 9.17) is 8.61 Å². The van der Waals surface area contributed by atoms with Gasteiger partial charge in [-0.3, -0.25) is 4.18 Å². The number of hydrogen-bond acceptors (Lipinski definition) is 4. The van der Waals surface area contributed by atoms with Crippen molar-refractivity contribution in [2.24, 2.45) is 0 Å². The third-order valence-electron chi connectivity index (χ3n) is 5.18. The first-order valence-electron chi connectivity index (χ1n) is 9.57. The largest absolute Gasteiger partial charge is 0.413 e. The van der Waals surface area contributed by atoms with Crippen molar-refractivity contribution in [3.63, 3.8) is 0 Å². The van der Waals surface area contributed by atoms with Gasteiger partial charge in [-0.05, 0) is 49.0 Å². The molecule has 1 rings (SSSR count). The third-order valence-corrected chi connectivity index (χ3v) is 12.7. The fourth-order valence-corrected chi connectivity index (χ4v) is 10.5. The fourth-order valence-electron chi connectivity index (χ4n) is 3.91. The van der Waals surface area contributed by atoms with Crippen LogP contribution < -0.4 is 0 Å². The lowest BCUT2D eigenvalue weighted by Gasteiger charge is -2.44. The maximum Gasteiger partial charge on any atom is 0.296 e. The van der Waals surface area contributed by atoms with Crippen LogP contribution in [0.25, 0.3) is 0 Å². The summed E-state index contributed by atoms with van der Waals surface area (Å²) in [6.07, 6.45) is 0.536. The molecule has 0 saturated heterocycles. The first kappa shape index (κ1) is 23.3. The number of benzene rings is 1. The lowest BCUT2D eigenvalue weighted by atomic mass is 10.2. The highest BCUT2D eigenvalue weighted by Gasteiger charge is 2.45. The van der Waals surface area contributed by atoms with Crippen molar-refractivity contribution in [1.82, 2.24) is 0 Å². The summed E-state index contributed by atoms with van der Waals surface area (Å²) in [5, 5.41) is 0. The molecule has 0 aliphatic carbocycles. The minimum absolute atomic E-state index is 0.0258. The first-order valence-corrected chi connectivity index (χ1v) is 13.1. The zero-order valence-corrected chi connectivity index (χ0v) is 19.4. The lowest BCUT2D eigenvalue weighted by molar-refractivity contribution is 0.157. The van der Waals surface area contributed by atoms with E-state index in [9.17, 15) is 8.42 Å². The average molecular weight is 401 g/mol. The van der Waals surface area contributed by atoms with Crippen LogP contribution in [0.15, 0.2) is 29.2 Å².